The number of thioether (sulfide) groups is 1. The highest BCUT2D eigenvalue weighted by Crippen LogP contribution is 2.29. The Labute approximate surface area is 147 Å². The predicted octanol–water partition coefficient (Wildman–Crippen LogP) is 1.11. The lowest BCUT2D eigenvalue weighted by atomic mass is 10.1. The van der Waals surface area contributed by atoms with Crippen molar-refractivity contribution in [2.24, 2.45) is 5.10 Å². The van der Waals surface area contributed by atoms with Gasteiger partial charge in [0.25, 0.3) is 11.5 Å². The highest BCUT2D eigenvalue weighted by molar-refractivity contribution is 8.00. The van der Waals surface area contributed by atoms with Crippen LogP contribution in [0.15, 0.2) is 44.0 Å². The highest BCUT2D eigenvalue weighted by Gasteiger charge is 2.30. The average molecular weight is 387 g/mol. The van der Waals surface area contributed by atoms with Gasteiger partial charge >= 0.3 is 11.9 Å². The quantitative estimate of drug-likeness (QED) is 0.403. The van der Waals surface area contributed by atoms with Gasteiger partial charge in [0, 0.05) is 0 Å². The lowest BCUT2D eigenvalue weighted by molar-refractivity contribution is -0.137. The molecule has 0 aliphatic carbocycles. The van der Waals surface area contributed by atoms with Crippen LogP contribution in [-0.4, -0.2) is 32.6 Å². The number of H-pyrrole nitrogens is 2. The molecule has 1 atom stereocenters. The van der Waals surface area contributed by atoms with Crippen molar-refractivity contribution in [2.75, 3.05) is 0 Å². The highest BCUT2D eigenvalue weighted by atomic mass is 32.2. The summed E-state index contributed by atoms with van der Waals surface area (Å²) in [5, 5.41) is 8.23. The van der Waals surface area contributed by atoms with Gasteiger partial charge in [-0.2, -0.15) is 23.4 Å². The minimum atomic E-state index is -4.48. The molecule has 2 rings (SSSR count). The molecule has 0 saturated carbocycles. The molecule has 0 aliphatic rings. The summed E-state index contributed by atoms with van der Waals surface area (Å²) in [6.45, 7) is 1.46. The van der Waals surface area contributed by atoms with Crippen LogP contribution in [0.4, 0.5) is 13.2 Å². The topological polar surface area (TPSA) is 120 Å². The Bertz CT molecular complexity index is 938. The van der Waals surface area contributed by atoms with Gasteiger partial charge in [-0.05, 0) is 24.6 Å². The summed E-state index contributed by atoms with van der Waals surface area (Å²) in [7, 11) is 0. The van der Waals surface area contributed by atoms with Gasteiger partial charge in [-0.15, -0.1) is 0 Å². The third-order valence-corrected chi connectivity index (χ3v) is 4.01. The van der Waals surface area contributed by atoms with Crippen molar-refractivity contribution in [1.82, 2.24) is 20.6 Å². The number of halogens is 3. The lowest BCUT2D eigenvalue weighted by Crippen LogP contribution is -2.30. The van der Waals surface area contributed by atoms with Crippen molar-refractivity contribution >= 4 is 23.9 Å². The summed E-state index contributed by atoms with van der Waals surface area (Å²) in [5.41, 5.74) is -0.0449. The molecule has 0 bridgehead atoms. The second-order valence-corrected chi connectivity index (χ2v) is 6.26. The number of hydrogen-bond donors (Lipinski definition) is 3. The van der Waals surface area contributed by atoms with Crippen LogP contribution in [0.2, 0.25) is 0 Å². The van der Waals surface area contributed by atoms with Gasteiger partial charge in [0.1, 0.15) is 0 Å². The molecule has 0 spiro atoms. The fourth-order valence-electron chi connectivity index (χ4n) is 1.69. The van der Waals surface area contributed by atoms with Crippen LogP contribution in [0, 0.1) is 0 Å². The van der Waals surface area contributed by atoms with Crippen LogP contribution in [-0.2, 0) is 11.0 Å². The maximum Gasteiger partial charge on any atom is 0.416 e. The first-order chi connectivity index (χ1) is 12.2. The number of nitrogens with one attached hydrogen (secondary N) is 3. The molecule has 1 aromatic heterocycles. The molecule has 0 radical (unpaired) electrons. The smallest absolute Gasteiger partial charge is 0.272 e. The third kappa shape index (κ3) is 5.31. The molecule has 138 valence electrons. The van der Waals surface area contributed by atoms with E-state index < -0.39 is 34.1 Å². The van der Waals surface area contributed by atoms with E-state index in [1.54, 1.807) is 0 Å². The monoisotopic (exact) mass is 387 g/mol. The first-order valence-corrected chi connectivity index (χ1v) is 7.90. The Kier molecular flexibility index (Phi) is 5.97. The second kappa shape index (κ2) is 7.99. The summed E-state index contributed by atoms with van der Waals surface area (Å²) < 4.78 is 37.8. The van der Waals surface area contributed by atoms with Crippen LogP contribution in [0.3, 0.4) is 0 Å². The molecule has 12 heteroatoms. The van der Waals surface area contributed by atoms with E-state index in [9.17, 15) is 27.6 Å². The van der Waals surface area contributed by atoms with Crippen LogP contribution >= 0.6 is 11.8 Å². The lowest BCUT2D eigenvalue weighted by Gasteiger charge is -2.08. The number of carbonyl (C=O) groups is 1. The van der Waals surface area contributed by atoms with E-state index in [4.69, 9.17) is 0 Å². The van der Waals surface area contributed by atoms with Gasteiger partial charge in [-0.1, -0.05) is 23.9 Å². The number of nitrogens with zero attached hydrogens (tertiary/aromatic N) is 2. The normalized spacial score (nSPS) is 12.9. The minimum absolute atomic E-state index is 0.117. The molecule has 3 N–H and O–H groups in total. The second-order valence-electron chi connectivity index (χ2n) is 4.93. The molecule has 0 saturated heterocycles. The summed E-state index contributed by atoms with van der Waals surface area (Å²) in [4.78, 5) is 36.2. The molecule has 8 nitrogen and oxygen atoms in total. The third-order valence-electron chi connectivity index (χ3n) is 2.94. The standard InChI is InChI=1S/C14H12F3N5O3S/c1-7(26-12-11(24)19-13(25)22-21-12)10(23)20-18-6-8-3-2-4-9(5-8)14(15,16)17/h2-7H,1H3,(H,20,23)(H2,19,22,24,25)/b18-6+. The number of amides is 1. The van der Waals surface area contributed by atoms with E-state index in [1.807, 2.05) is 10.1 Å². The van der Waals surface area contributed by atoms with Crippen LogP contribution in [0.1, 0.15) is 18.1 Å². The van der Waals surface area contributed by atoms with Gasteiger partial charge < -0.3 is 0 Å². The summed E-state index contributed by atoms with van der Waals surface area (Å²) >= 11 is 0.779. The van der Waals surface area contributed by atoms with E-state index in [1.165, 1.54) is 19.1 Å². The van der Waals surface area contributed by atoms with E-state index in [0.29, 0.717) is 0 Å². The van der Waals surface area contributed by atoms with Crippen molar-refractivity contribution in [1.29, 1.82) is 0 Å². The van der Waals surface area contributed by atoms with Gasteiger partial charge in [0.2, 0.25) is 0 Å². The predicted molar refractivity (Wildman–Crippen MR) is 88.0 cm³/mol. The number of hydrogen-bond acceptors (Lipinski definition) is 6. The molecule has 1 aromatic carbocycles. The van der Waals surface area contributed by atoms with E-state index in [2.05, 4.69) is 15.6 Å². The fourth-order valence-corrected chi connectivity index (χ4v) is 2.45. The maximum absolute atomic E-state index is 12.6. The molecule has 2 aromatic rings. The molecular weight excluding hydrogens is 375 g/mol. The van der Waals surface area contributed by atoms with Crippen LogP contribution in [0.5, 0.6) is 0 Å². The largest absolute Gasteiger partial charge is 0.416 e. The summed E-state index contributed by atoms with van der Waals surface area (Å²) in [6, 6.07) is 4.42. The zero-order valence-corrected chi connectivity index (χ0v) is 13.9. The minimum Gasteiger partial charge on any atom is -0.272 e. The maximum atomic E-state index is 12.6. The molecule has 1 amide bonds. The Morgan fingerprint density at radius 2 is 2.12 bits per heavy atom. The number of rotatable bonds is 5. The van der Waals surface area contributed by atoms with E-state index >= 15 is 0 Å². The summed E-state index contributed by atoms with van der Waals surface area (Å²) in [6.07, 6.45) is -3.41. The van der Waals surface area contributed by atoms with Gasteiger partial charge in [0.15, 0.2) is 5.03 Å². The van der Waals surface area contributed by atoms with Gasteiger partial charge in [0.05, 0.1) is 17.0 Å². The van der Waals surface area contributed by atoms with E-state index in [0.717, 1.165) is 30.1 Å². The van der Waals surface area contributed by atoms with Gasteiger partial charge in [-0.25, -0.2) is 15.3 Å². The van der Waals surface area contributed by atoms with Crippen LogP contribution < -0.4 is 16.7 Å². The molecular formula is C14H12F3N5O3S. The number of aromatic amines is 2. The Morgan fingerprint density at radius 1 is 1.38 bits per heavy atom. The van der Waals surface area contributed by atoms with Gasteiger partial charge in [-0.3, -0.25) is 14.6 Å². The Balaban J connectivity index is 1.98. The Morgan fingerprint density at radius 3 is 2.77 bits per heavy atom. The molecule has 26 heavy (non-hydrogen) atoms. The number of alkyl halides is 3. The SMILES string of the molecule is CC(Sc1n[nH]c(=O)[nH]c1=O)C(=O)N/N=C/c1cccc(C(F)(F)F)c1. The number of carbonyl (C=O) groups excluding carboxylic acids is 1. The van der Waals surface area contributed by atoms with Crippen molar-refractivity contribution in [3.05, 3.63) is 56.2 Å². The zero-order chi connectivity index (χ0) is 19.3. The number of aromatic nitrogens is 3. The van der Waals surface area contributed by atoms with Crippen LogP contribution in [0.25, 0.3) is 0 Å². The number of hydrazone groups is 1. The van der Waals surface area contributed by atoms with E-state index in [-0.39, 0.29) is 10.6 Å². The average Bonchev–Trinajstić information content (AvgIpc) is 2.56. The van der Waals surface area contributed by atoms with Crippen molar-refractivity contribution in [3.8, 4) is 0 Å². The fraction of sp³-hybridized carbons (Fsp3) is 0.214. The number of benzene rings is 1. The molecule has 0 aliphatic heterocycles. The Hall–Kier alpha value is -2.89. The molecule has 1 unspecified atom stereocenters. The van der Waals surface area contributed by atoms with Crippen molar-refractivity contribution in [2.45, 2.75) is 23.4 Å². The van der Waals surface area contributed by atoms with Crippen molar-refractivity contribution < 1.29 is 18.0 Å². The molecule has 1 heterocycles. The van der Waals surface area contributed by atoms with Crippen molar-refractivity contribution in [3.63, 3.8) is 0 Å². The first kappa shape index (κ1) is 19.4. The zero-order valence-electron chi connectivity index (χ0n) is 13.1. The summed E-state index contributed by atoms with van der Waals surface area (Å²) in [5.74, 6) is -0.606. The molecule has 0 fully saturated rings. The first-order valence-electron chi connectivity index (χ1n) is 7.02.